The number of esters is 1. The van der Waals surface area contributed by atoms with Crippen LogP contribution in [0.4, 0.5) is 0 Å². The third-order valence-corrected chi connectivity index (χ3v) is 3.34. The standard InChI is InChI=1S/C14H19NO3/c1-11(12-5-3-2-4-6-12)18-13(16)14(15)7-9-17-10-8-14/h2-6,11H,7-10,15H2,1H3. The summed E-state index contributed by atoms with van der Waals surface area (Å²) < 4.78 is 10.7. The van der Waals surface area contributed by atoms with Crippen molar-refractivity contribution in [1.29, 1.82) is 0 Å². The maximum atomic E-state index is 12.1. The molecule has 0 spiro atoms. The monoisotopic (exact) mass is 249 g/mol. The highest BCUT2D eigenvalue weighted by Gasteiger charge is 2.38. The molecule has 1 aromatic carbocycles. The lowest BCUT2D eigenvalue weighted by Gasteiger charge is -2.32. The topological polar surface area (TPSA) is 61.5 Å². The number of hydrogen-bond donors (Lipinski definition) is 1. The van der Waals surface area contributed by atoms with E-state index in [1.807, 2.05) is 37.3 Å². The Labute approximate surface area is 107 Å². The molecule has 0 aromatic heterocycles. The second-order valence-electron chi connectivity index (χ2n) is 4.73. The molecule has 1 atom stereocenters. The van der Waals surface area contributed by atoms with Crippen molar-refractivity contribution in [1.82, 2.24) is 0 Å². The predicted molar refractivity (Wildman–Crippen MR) is 67.9 cm³/mol. The number of ether oxygens (including phenoxy) is 2. The summed E-state index contributed by atoms with van der Waals surface area (Å²) in [5, 5.41) is 0. The fourth-order valence-electron chi connectivity index (χ4n) is 2.01. The van der Waals surface area contributed by atoms with E-state index in [1.54, 1.807) is 0 Å². The fraction of sp³-hybridized carbons (Fsp3) is 0.500. The first-order valence-corrected chi connectivity index (χ1v) is 6.24. The van der Waals surface area contributed by atoms with E-state index in [4.69, 9.17) is 15.2 Å². The second kappa shape index (κ2) is 5.50. The molecule has 1 heterocycles. The summed E-state index contributed by atoms with van der Waals surface area (Å²) in [6.45, 7) is 2.90. The second-order valence-corrected chi connectivity index (χ2v) is 4.73. The van der Waals surface area contributed by atoms with Crippen LogP contribution in [0.5, 0.6) is 0 Å². The molecule has 1 aliphatic heterocycles. The van der Waals surface area contributed by atoms with Crippen LogP contribution < -0.4 is 5.73 Å². The highest BCUT2D eigenvalue weighted by molar-refractivity contribution is 5.80. The minimum atomic E-state index is -0.888. The van der Waals surface area contributed by atoms with Gasteiger partial charge < -0.3 is 15.2 Å². The van der Waals surface area contributed by atoms with Crippen LogP contribution in [-0.2, 0) is 14.3 Å². The molecule has 0 radical (unpaired) electrons. The first kappa shape index (κ1) is 13.1. The quantitative estimate of drug-likeness (QED) is 0.830. The molecule has 1 aromatic rings. The van der Waals surface area contributed by atoms with Crippen LogP contribution in [0, 0.1) is 0 Å². The Balaban J connectivity index is 1.98. The molecular formula is C14H19NO3. The van der Waals surface area contributed by atoms with Gasteiger partial charge in [0.25, 0.3) is 0 Å². The van der Waals surface area contributed by atoms with Crippen molar-refractivity contribution < 1.29 is 14.3 Å². The highest BCUT2D eigenvalue weighted by Crippen LogP contribution is 2.24. The van der Waals surface area contributed by atoms with Gasteiger partial charge in [-0.3, -0.25) is 4.79 Å². The van der Waals surface area contributed by atoms with E-state index in [2.05, 4.69) is 0 Å². The van der Waals surface area contributed by atoms with Gasteiger partial charge in [-0.25, -0.2) is 0 Å². The van der Waals surface area contributed by atoms with Crippen LogP contribution >= 0.6 is 0 Å². The first-order valence-electron chi connectivity index (χ1n) is 6.24. The van der Waals surface area contributed by atoms with E-state index in [1.165, 1.54) is 0 Å². The maximum absolute atomic E-state index is 12.1. The van der Waals surface area contributed by atoms with Gasteiger partial charge in [0.2, 0.25) is 0 Å². The molecule has 0 amide bonds. The van der Waals surface area contributed by atoms with Crippen molar-refractivity contribution in [3.8, 4) is 0 Å². The molecule has 1 aliphatic rings. The van der Waals surface area contributed by atoms with E-state index in [0.717, 1.165) is 5.56 Å². The van der Waals surface area contributed by atoms with Gasteiger partial charge in [0.15, 0.2) is 0 Å². The number of rotatable bonds is 3. The number of benzene rings is 1. The molecule has 1 unspecified atom stereocenters. The van der Waals surface area contributed by atoms with Gasteiger partial charge in [0.05, 0.1) is 0 Å². The van der Waals surface area contributed by atoms with Crippen molar-refractivity contribution in [2.24, 2.45) is 5.73 Å². The van der Waals surface area contributed by atoms with Gasteiger partial charge in [-0.15, -0.1) is 0 Å². The number of nitrogens with two attached hydrogens (primary N) is 1. The Morgan fingerprint density at radius 2 is 1.94 bits per heavy atom. The van der Waals surface area contributed by atoms with Crippen molar-refractivity contribution in [2.45, 2.75) is 31.4 Å². The number of hydrogen-bond acceptors (Lipinski definition) is 4. The van der Waals surface area contributed by atoms with E-state index >= 15 is 0 Å². The smallest absolute Gasteiger partial charge is 0.326 e. The Morgan fingerprint density at radius 1 is 1.33 bits per heavy atom. The van der Waals surface area contributed by atoms with Gasteiger partial charge in [0.1, 0.15) is 11.6 Å². The van der Waals surface area contributed by atoms with E-state index < -0.39 is 5.54 Å². The zero-order valence-corrected chi connectivity index (χ0v) is 10.6. The molecule has 0 bridgehead atoms. The Morgan fingerprint density at radius 3 is 2.56 bits per heavy atom. The molecule has 4 nitrogen and oxygen atoms in total. The van der Waals surface area contributed by atoms with Crippen LogP contribution in [-0.4, -0.2) is 24.7 Å². The van der Waals surface area contributed by atoms with E-state index in [9.17, 15) is 4.79 Å². The summed E-state index contributed by atoms with van der Waals surface area (Å²) in [5.74, 6) is -0.331. The van der Waals surface area contributed by atoms with Gasteiger partial charge in [0, 0.05) is 13.2 Å². The number of carbonyl (C=O) groups is 1. The molecule has 1 saturated heterocycles. The average molecular weight is 249 g/mol. The van der Waals surface area contributed by atoms with Gasteiger partial charge in [-0.05, 0) is 25.3 Å². The Hall–Kier alpha value is -1.39. The molecule has 4 heteroatoms. The van der Waals surface area contributed by atoms with Crippen molar-refractivity contribution in [3.05, 3.63) is 35.9 Å². The molecular weight excluding hydrogens is 230 g/mol. The minimum absolute atomic E-state index is 0.276. The normalized spacial score (nSPS) is 20.1. The lowest BCUT2D eigenvalue weighted by atomic mass is 9.91. The zero-order chi connectivity index (χ0) is 13.0. The summed E-state index contributed by atoms with van der Waals surface area (Å²) in [5.41, 5.74) is 6.16. The number of carbonyl (C=O) groups excluding carboxylic acids is 1. The molecule has 2 rings (SSSR count). The first-order chi connectivity index (χ1) is 8.62. The predicted octanol–water partition coefficient (Wildman–Crippen LogP) is 1.80. The third-order valence-electron chi connectivity index (χ3n) is 3.34. The largest absolute Gasteiger partial charge is 0.456 e. The van der Waals surface area contributed by atoms with Crippen molar-refractivity contribution in [3.63, 3.8) is 0 Å². The van der Waals surface area contributed by atoms with Gasteiger partial charge >= 0.3 is 5.97 Å². The molecule has 2 N–H and O–H groups in total. The molecule has 18 heavy (non-hydrogen) atoms. The van der Waals surface area contributed by atoms with E-state index in [-0.39, 0.29) is 12.1 Å². The Kier molecular flexibility index (Phi) is 3.99. The van der Waals surface area contributed by atoms with Crippen LogP contribution in [0.1, 0.15) is 31.4 Å². The fourth-order valence-corrected chi connectivity index (χ4v) is 2.01. The summed E-state index contributed by atoms with van der Waals surface area (Å²) in [6.07, 6.45) is 0.766. The van der Waals surface area contributed by atoms with E-state index in [0.29, 0.717) is 26.1 Å². The summed E-state index contributed by atoms with van der Waals surface area (Å²) in [6, 6.07) is 9.65. The summed E-state index contributed by atoms with van der Waals surface area (Å²) in [7, 11) is 0. The van der Waals surface area contributed by atoms with Crippen molar-refractivity contribution >= 4 is 5.97 Å². The van der Waals surface area contributed by atoms with Crippen LogP contribution in [0.25, 0.3) is 0 Å². The lowest BCUT2D eigenvalue weighted by Crippen LogP contribution is -2.52. The summed E-state index contributed by atoms with van der Waals surface area (Å²) in [4.78, 5) is 12.1. The Bertz CT molecular complexity index is 399. The lowest BCUT2D eigenvalue weighted by molar-refractivity contribution is -0.159. The van der Waals surface area contributed by atoms with Crippen LogP contribution in [0.2, 0.25) is 0 Å². The van der Waals surface area contributed by atoms with Crippen LogP contribution in [0.3, 0.4) is 0 Å². The van der Waals surface area contributed by atoms with Gasteiger partial charge in [-0.1, -0.05) is 30.3 Å². The SMILES string of the molecule is CC(OC(=O)C1(N)CCOCC1)c1ccccc1. The molecule has 1 fully saturated rings. The van der Waals surface area contributed by atoms with Gasteiger partial charge in [-0.2, -0.15) is 0 Å². The summed E-state index contributed by atoms with van der Waals surface area (Å²) >= 11 is 0. The highest BCUT2D eigenvalue weighted by atomic mass is 16.5. The zero-order valence-electron chi connectivity index (χ0n) is 10.6. The third kappa shape index (κ3) is 2.89. The molecule has 98 valence electrons. The maximum Gasteiger partial charge on any atom is 0.326 e. The van der Waals surface area contributed by atoms with Crippen molar-refractivity contribution in [2.75, 3.05) is 13.2 Å². The molecule has 0 aliphatic carbocycles. The minimum Gasteiger partial charge on any atom is -0.456 e. The van der Waals surface area contributed by atoms with Crippen LogP contribution in [0.15, 0.2) is 30.3 Å². The molecule has 0 saturated carbocycles. The average Bonchev–Trinajstić information content (AvgIpc) is 2.40.